The van der Waals surface area contributed by atoms with Crippen LogP contribution in [0.3, 0.4) is 0 Å². The smallest absolute Gasteiger partial charge is 0.221 e. The monoisotopic (exact) mass is 458 g/mol. The van der Waals surface area contributed by atoms with Gasteiger partial charge in [-0.25, -0.2) is 24.6 Å². The van der Waals surface area contributed by atoms with Gasteiger partial charge in [0.15, 0.2) is 5.65 Å². The summed E-state index contributed by atoms with van der Waals surface area (Å²) in [4.78, 5) is 19.6. The van der Waals surface area contributed by atoms with E-state index in [0.717, 1.165) is 59.3 Å². The van der Waals surface area contributed by atoms with Crippen molar-refractivity contribution in [3.63, 3.8) is 0 Å². The zero-order valence-electron chi connectivity index (χ0n) is 19.3. The molecule has 1 saturated heterocycles. The van der Waals surface area contributed by atoms with Crippen molar-refractivity contribution in [1.29, 1.82) is 0 Å². The molecule has 174 valence electrons. The van der Waals surface area contributed by atoms with Crippen LogP contribution in [0.1, 0.15) is 66.5 Å². The van der Waals surface area contributed by atoms with Crippen molar-refractivity contribution in [2.24, 2.45) is 0 Å². The second-order valence-electron chi connectivity index (χ2n) is 9.50. The zero-order valence-corrected chi connectivity index (χ0v) is 19.3. The highest BCUT2D eigenvalue weighted by molar-refractivity contribution is 5.88. The van der Waals surface area contributed by atoms with Crippen molar-refractivity contribution in [2.75, 3.05) is 13.2 Å². The molecule has 34 heavy (non-hydrogen) atoms. The number of rotatable bonds is 4. The minimum atomic E-state index is -0.0106. The van der Waals surface area contributed by atoms with E-state index in [0.29, 0.717) is 30.4 Å². The Labute approximate surface area is 196 Å². The fourth-order valence-electron chi connectivity index (χ4n) is 4.90. The van der Waals surface area contributed by atoms with Crippen LogP contribution in [0.25, 0.3) is 22.4 Å². The molecule has 2 fully saturated rings. The summed E-state index contributed by atoms with van der Waals surface area (Å²) in [6.45, 7) is 5.94. The van der Waals surface area contributed by atoms with Gasteiger partial charge in [0.2, 0.25) is 5.88 Å². The van der Waals surface area contributed by atoms with Gasteiger partial charge in [-0.15, -0.1) is 0 Å². The van der Waals surface area contributed by atoms with Gasteiger partial charge in [0.25, 0.3) is 0 Å². The molecule has 10 nitrogen and oxygen atoms in total. The molecule has 0 radical (unpaired) electrons. The van der Waals surface area contributed by atoms with E-state index in [1.54, 1.807) is 0 Å². The molecular weight excluding hydrogens is 432 g/mol. The SMILES string of the molecule is Cc1nc2nc(C3CCOC(c4cnn(C5CC5)c4)C3)nc(-c3cnn4c3OCC4)c2nc1C. The molecule has 4 aromatic heterocycles. The summed E-state index contributed by atoms with van der Waals surface area (Å²) >= 11 is 0. The molecule has 4 aromatic rings. The lowest BCUT2D eigenvalue weighted by Gasteiger charge is -2.28. The maximum atomic E-state index is 6.14. The van der Waals surface area contributed by atoms with Gasteiger partial charge in [-0.1, -0.05) is 0 Å². The van der Waals surface area contributed by atoms with Gasteiger partial charge < -0.3 is 9.47 Å². The van der Waals surface area contributed by atoms with E-state index in [2.05, 4.69) is 21.1 Å². The fraction of sp³-hybridized carbons (Fsp3) is 0.500. The van der Waals surface area contributed by atoms with E-state index < -0.39 is 0 Å². The van der Waals surface area contributed by atoms with Crippen molar-refractivity contribution in [3.05, 3.63) is 41.4 Å². The molecule has 0 spiro atoms. The highest BCUT2D eigenvalue weighted by Gasteiger charge is 2.32. The standard InChI is InChI=1S/C24H26N8O2/c1-13-14(2)28-23-21(27-13)20(18-11-26-31-6-8-34-24(18)31)29-22(30-23)15-5-7-33-19(9-15)16-10-25-32(12-16)17-3-4-17/h10-12,15,17,19H,3-9H2,1-2H3. The molecule has 1 saturated carbocycles. The van der Waals surface area contributed by atoms with Gasteiger partial charge in [-0.05, 0) is 39.5 Å². The molecule has 0 amide bonds. The topological polar surface area (TPSA) is 106 Å². The van der Waals surface area contributed by atoms with Gasteiger partial charge in [-0.3, -0.25) is 4.68 Å². The lowest BCUT2D eigenvalue weighted by atomic mass is 9.92. The summed E-state index contributed by atoms with van der Waals surface area (Å²) in [6, 6.07) is 0.560. The Morgan fingerprint density at radius 3 is 2.71 bits per heavy atom. The van der Waals surface area contributed by atoms with Crippen LogP contribution in [0.15, 0.2) is 18.6 Å². The molecule has 1 aliphatic carbocycles. The molecule has 2 unspecified atom stereocenters. The van der Waals surface area contributed by atoms with Gasteiger partial charge in [0.1, 0.15) is 23.6 Å². The van der Waals surface area contributed by atoms with Crippen LogP contribution in [0.4, 0.5) is 0 Å². The van der Waals surface area contributed by atoms with Gasteiger partial charge >= 0.3 is 0 Å². The number of nitrogens with zero attached hydrogens (tertiary/aromatic N) is 8. The van der Waals surface area contributed by atoms with Gasteiger partial charge in [0, 0.05) is 24.3 Å². The second-order valence-corrected chi connectivity index (χ2v) is 9.50. The Morgan fingerprint density at radius 1 is 0.941 bits per heavy atom. The molecule has 2 atom stereocenters. The summed E-state index contributed by atoms with van der Waals surface area (Å²) in [5, 5.41) is 9.04. The van der Waals surface area contributed by atoms with Crippen LogP contribution in [0, 0.1) is 13.8 Å². The second kappa shape index (κ2) is 7.56. The molecular formula is C24H26N8O2. The highest BCUT2D eigenvalue weighted by Crippen LogP contribution is 2.40. The Morgan fingerprint density at radius 2 is 1.82 bits per heavy atom. The molecule has 6 heterocycles. The van der Waals surface area contributed by atoms with Crippen molar-refractivity contribution in [3.8, 4) is 17.1 Å². The largest absolute Gasteiger partial charge is 0.475 e. The van der Waals surface area contributed by atoms with Crippen molar-refractivity contribution < 1.29 is 9.47 Å². The van der Waals surface area contributed by atoms with E-state index in [4.69, 9.17) is 29.4 Å². The fourth-order valence-corrected chi connectivity index (χ4v) is 4.90. The molecule has 3 aliphatic rings. The molecule has 0 N–H and O–H groups in total. The van der Waals surface area contributed by atoms with Crippen molar-refractivity contribution >= 4 is 11.2 Å². The molecule has 10 heteroatoms. The number of aryl methyl sites for hydroxylation is 2. The van der Waals surface area contributed by atoms with Crippen LogP contribution in [-0.4, -0.2) is 52.7 Å². The van der Waals surface area contributed by atoms with Crippen LogP contribution in [-0.2, 0) is 11.3 Å². The van der Waals surface area contributed by atoms with Crippen molar-refractivity contribution in [2.45, 2.75) is 64.1 Å². The Bertz CT molecular complexity index is 1410. The average Bonchev–Trinajstić information content (AvgIpc) is 3.22. The lowest BCUT2D eigenvalue weighted by molar-refractivity contribution is 0.00396. The quantitative estimate of drug-likeness (QED) is 0.458. The Kier molecular flexibility index (Phi) is 4.45. The molecule has 7 rings (SSSR count). The minimum absolute atomic E-state index is 0.0106. The third-order valence-corrected chi connectivity index (χ3v) is 7.11. The molecule has 2 aliphatic heterocycles. The predicted molar refractivity (Wildman–Crippen MR) is 122 cm³/mol. The number of hydrogen-bond acceptors (Lipinski definition) is 8. The number of ether oxygens (including phenoxy) is 2. The number of hydrogen-bond donors (Lipinski definition) is 0. The summed E-state index contributed by atoms with van der Waals surface area (Å²) < 4.78 is 16.0. The first kappa shape index (κ1) is 20.0. The zero-order chi connectivity index (χ0) is 22.8. The van der Waals surface area contributed by atoms with E-state index >= 15 is 0 Å². The third-order valence-electron chi connectivity index (χ3n) is 7.11. The van der Waals surface area contributed by atoms with E-state index in [-0.39, 0.29) is 12.0 Å². The van der Waals surface area contributed by atoms with Crippen LogP contribution >= 0.6 is 0 Å². The summed E-state index contributed by atoms with van der Waals surface area (Å²) in [6.07, 6.45) is 9.99. The average molecular weight is 459 g/mol. The first-order valence-electron chi connectivity index (χ1n) is 12.0. The molecule has 0 bridgehead atoms. The van der Waals surface area contributed by atoms with E-state index in [1.807, 2.05) is 30.9 Å². The van der Waals surface area contributed by atoms with E-state index in [9.17, 15) is 0 Å². The summed E-state index contributed by atoms with van der Waals surface area (Å²) in [7, 11) is 0. The van der Waals surface area contributed by atoms with Gasteiger partial charge in [0.05, 0.1) is 48.0 Å². The molecule has 0 aromatic carbocycles. The minimum Gasteiger partial charge on any atom is -0.475 e. The number of fused-ring (bicyclic) bond motifs is 2. The van der Waals surface area contributed by atoms with Gasteiger partial charge in [-0.2, -0.15) is 10.2 Å². The van der Waals surface area contributed by atoms with Crippen LogP contribution in [0.2, 0.25) is 0 Å². The third kappa shape index (κ3) is 3.27. The number of aromatic nitrogens is 8. The summed E-state index contributed by atoms with van der Waals surface area (Å²) in [5.74, 6) is 1.67. The highest BCUT2D eigenvalue weighted by atomic mass is 16.5. The predicted octanol–water partition coefficient (Wildman–Crippen LogP) is 3.46. The van der Waals surface area contributed by atoms with Crippen molar-refractivity contribution in [1.82, 2.24) is 39.5 Å². The maximum absolute atomic E-state index is 6.14. The Balaban J connectivity index is 1.29. The van der Waals surface area contributed by atoms with E-state index in [1.165, 1.54) is 12.8 Å². The first-order chi connectivity index (χ1) is 16.6. The Hall–Kier alpha value is -3.40. The maximum Gasteiger partial charge on any atom is 0.221 e. The summed E-state index contributed by atoms with van der Waals surface area (Å²) in [5.41, 5.74) is 5.76. The normalized spacial score (nSPS) is 22.2. The van der Waals surface area contributed by atoms with Crippen LogP contribution in [0.5, 0.6) is 5.88 Å². The lowest BCUT2D eigenvalue weighted by Crippen LogP contribution is -2.20. The first-order valence-corrected chi connectivity index (χ1v) is 12.0. The van der Waals surface area contributed by atoms with Crippen LogP contribution < -0.4 is 4.74 Å².